The number of thiophene rings is 1. The van der Waals surface area contributed by atoms with Gasteiger partial charge < -0.3 is 11.1 Å². The van der Waals surface area contributed by atoms with Gasteiger partial charge in [-0.25, -0.2) is 0 Å². The van der Waals surface area contributed by atoms with E-state index < -0.39 is 0 Å². The van der Waals surface area contributed by atoms with Gasteiger partial charge in [-0.3, -0.25) is 5.41 Å². The van der Waals surface area contributed by atoms with Gasteiger partial charge >= 0.3 is 0 Å². The number of amidine groups is 1. The van der Waals surface area contributed by atoms with Crippen LogP contribution in [0, 0.1) is 5.41 Å². The van der Waals surface area contributed by atoms with Gasteiger partial charge in [0.1, 0.15) is 5.84 Å². The zero-order valence-electron chi connectivity index (χ0n) is 11.5. The highest BCUT2D eigenvalue weighted by Crippen LogP contribution is 2.36. The van der Waals surface area contributed by atoms with Gasteiger partial charge in [0.05, 0.1) is 14.8 Å². The number of nitrogen functional groups attached to an aromatic ring is 1. The summed E-state index contributed by atoms with van der Waals surface area (Å²) in [6.07, 6.45) is 2.03. The summed E-state index contributed by atoms with van der Waals surface area (Å²) in [4.78, 5) is 0.794. The number of hydrogen-bond acceptors (Lipinski definition) is 4. The minimum Gasteiger partial charge on any atom is -0.383 e. The molecule has 0 unspecified atom stereocenters. The summed E-state index contributed by atoms with van der Waals surface area (Å²) in [7, 11) is 0. The summed E-state index contributed by atoms with van der Waals surface area (Å²) in [6, 6.07) is 16.5. The molecular formula is C16H15N3S2. The minimum atomic E-state index is 0.113. The molecule has 0 aliphatic heterocycles. The second-order valence-corrected chi connectivity index (χ2v) is 6.74. The fraction of sp³-hybridized carbons (Fsp3) is 0.0625. The second-order valence-electron chi connectivity index (χ2n) is 4.62. The summed E-state index contributed by atoms with van der Waals surface area (Å²) in [5.41, 5.74) is 7.62. The fourth-order valence-corrected chi connectivity index (χ4v) is 3.81. The van der Waals surface area contributed by atoms with E-state index in [-0.39, 0.29) is 5.84 Å². The lowest BCUT2D eigenvalue weighted by atomic mass is 10.1. The second kappa shape index (κ2) is 5.79. The lowest BCUT2D eigenvalue weighted by Gasteiger charge is -2.07. The maximum Gasteiger partial charge on any atom is 0.133 e. The van der Waals surface area contributed by atoms with Crippen molar-refractivity contribution in [1.82, 2.24) is 0 Å². The predicted octanol–water partition coefficient (Wildman–Crippen LogP) is 4.65. The number of benzene rings is 2. The number of nitrogens with two attached hydrogens (primary N) is 1. The van der Waals surface area contributed by atoms with Crippen LogP contribution in [0.2, 0.25) is 0 Å². The molecule has 5 heteroatoms. The zero-order valence-corrected chi connectivity index (χ0v) is 13.1. The van der Waals surface area contributed by atoms with Crippen LogP contribution in [0.4, 0.5) is 11.4 Å². The van der Waals surface area contributed by atoms with Crippen molar-refractivity contribution in [3.63, 3.8) is 0 Å². The lowest BCUT2D eigenvalue weighted by Crippen LogP contribution is -2.08. The van der Waals surface area contributed by atoms with Gasteiger partial charge in [0.15, 0.2) is 0 Å². The molecule has 0 amide bonds. The quantitative estimate of drug-likeness (QED) is 0.373. The number of rotatable bonds is 4. The number of fused-ring (bicyclic) bond motifs is 1. The molecule has 0 atom stereocenters. The normalized spacial score (nSPS) is 10.7. The molecule has 0 aliphatic carbocycles. The summed E-state index contributed by atoms with van der Waals surface area (Å²) < 4.78 is 1.13. The molecule has 3 nitrogen and oxygen atoms in total. The molecule has 21 heavy (non-hydrogen) atoms. The molecule has 0 saturated heterocycles. The Kier molecular flexibility index (Phi) is 3.86. The highest BCUT2D eigenvalue weighted by Gasteiger charge is 2.10. The first-order valence-electron chi connectivity index (χ1n) is 6.45. The van der Waals surface area contributed by atoms with Crippen molar-refractivity contribution in [3.8, 4) is 0 Å². The van der Waals surface area contributed by atoms with E-state index in [1.165, 1.54) is 10.8 Å². The Morgan fingerprint density at radius 2 is 1.90 bits per heavy atom. The average Bonchev–Trinajstić information content (AvgIpc) is 2.90. The Hall–Kier alpha value is -1.98. The standard InChI is InChI=1S/C16H15N3S2/c1-20-16-13(9-14(21-16)15(17)18)19-12-7-6-10-4-2-3-5-11(10)8-12/h2-9,19H,1H3,(H3,17,18). The van der Waals surface area contributed by atoms with Crippen LogP contribution in [0.25, 0.3) is 10.8 Å². The molecule has 1 heterocycles. The van der Waals surface area contributed by atoms with E-state index in [0.29, 0.717) is 0 Å². The minimum absolute atomic E-state index is 0.113. The molecule has 106 valence electrons. The predicted molar refractivity (Wildman–Crippen MR) is 94.3 cm³/mol. The topological polar surface area (TPSA) is 61.9 Å². The van der Waals surface area contributed by atoms with Crippen LogP contribution >= 0.6 is 23.1 Å². The van der Waals surface area contributed by atoms with Gasteiger partial charge in [0, 0.05) is 5.69 Å². The molecule has 0 bridgehead atoms. The Morgan fingerprint density at radius 1 is 1.14 bits per heavy atom. The van der Waals surface area contributed by atoms with Crippen LogP contribution < -0.4 is 11.1 Å². The number of hydrogen-bond donors (Lipinski definition) is 3. The molecular weight excluding hydrogens is 298 g/mol. The van der Waals surface area contributed by atoms with E-state index in [9.17, 15) is 0 Å². The van der Waals surface area contributed by atoms with Gasteiger partial charge in [-0.1, -0.05) is 30.3 Å². The molecule has 3 aromatic rings. The van der Waals surface area contributed by atoms with Gasteiger partial charge in [0.2, 0.25) is 0 Å². The molecule has 0 radical (unpaired) electrons. The average molecular weight is 313 g/mol. The first kappa shape index (κ1) is 14.0. The Labute approximate surface area is 131 Å². The van der Waals surface area contributed by atoms with Crippen LogP contribution in [0.15, 0.2) is 52.7 Å². The maximum absolute atomic E-state index is 7.56. The van der Waals surface area contributed by atoms with Crippen LogP contribution in [-0.2, 0) is 0 Å². The first-order valence-corrected chi connectivity index (χ1v) is 8.49. The molecule has 1 aromatic heterocycles. The van der Waals surface area contributed by atoms with E-state index in [1.807, 2.05) is 24.5 Å². The van der Waals surface area contributed by atoms with E-state index in [1.54, 1.807) is 23.1 Å². The summed E-state index contributed by atoms with van der Waals surface area (Å²) in [5.74, 6) is 0.113. The van der Waals surface area contributed by atoms with Crippen LogP contribution in [0.1, 0.15) is 4.88 Å². The van der Waals surface area contributed by atoms with Gasteiger partial charge in [-0.2, -0.15) is 0 Å². The van der Waals surface area contributed by atoms with Gasteiger partial charge in [0.25, 0.3) is 0 Å². The lowest BCUT2D eigenvalue weighted by molar-refractivity contribution is 1.45. The number of nitrogens with one attached hydrogen (secondary N) is 2. The van der Waals surface area contributed by atoms with Crippen molar-refractivity contribution in [2.75, 3.05) is 11.6 Å². The molecule has 0 saturated carbocycles. The smallest absolute Gasteiger partial charge is 0.133 e. The Bertz CT molecular complexity index is 808. The van der Waals surface area contributed by atoms with E-state index in [4.69, 9.17) is 11.1 Å². The third-order valence-corrected chi connectivity index (χ3v) is 5.48. The van der Waals surface area contributed by atoms with Crippen molar-refractivity contribution in [3.05, 3.63) is 53.4 Å². The SMILES string of the molecule is CSc1sc(C(=N)N)cc1Nc1ccc2ccccc2c1. The third-order valence-electron chi connectivity index (χ3n) is 3.18. The van der Waals surface area contributed by atoms with Crippen LogP contribution in [0.3, 0.4) is 0 Å². The Morgan fingerprint density at radius 3 is 2.62 bits per heavy atom. The molecule has 2 aromatic carbocycles. The monoisotopic (exact) mass is 313 g/mol. The van der Waals surface area contributed by atoms with Gasteiger partial charge in [-0.05, 0) is 35.2 Å². The number of thioether (sulfide) groups is 1. The molecule has 0 spiro atoms. The molecule has 0 aliphatic rings. The van der Waals surface area contributed by atoms with Crippen molar-refractivity contribution >= 4 is 51.1 Å². The van der Waals surface area contributed by atoms with Crippen molar-refractivity contribution in [1.29, 1.82) is 5.41 Å². The van der Waals surface area contributed by atoms with Crippen LogP contribution in [-0.4, -0.2) is 12.1 Å². The highest BCUT2D eigenvalue weighted by molar-refractivity contribution is 8.00. The largest absolute Gasteiger partial charge is 0.383 e. The van der Waals surface area contributed by atoms with Crippen molar-refractivity contribution < 1.29 is 0 Å². The van der Waals surface area contributed by atoms with Crippen LogP contribution in [0.5, 0.6) is 0 Å². The summed E-state index contributed by atoms with van der Waals surface area (Å²) in [6.45, 7) is 0. The Balaban J connectivity index is 1.96. The first-order chi connectivity index (χ1) is 10.2. The molecule has 4 N–H and O–H groups in total. The van der Waals surface area contributed by atoms with Crippen molar-refractivity contribution in [2.45, 2.75) is 4.21 Å². The highest BCUT2D eigenvalue weighted by atomic mass is 32.2. The van der Waals surface area contributed by atoms with E-state index >= 15 is 0 Å². The molecule has 3 rings (SSSR count). The van der Waals surface area contributed by atoms with E-state index in [2.05, 4.69) is 35.6 Å². The van der Waals surface area contributed by atoms with E-state index in [0.717, 1.165) is 20.5 Å². The summed E-state index contributed by atoms with van der Waals surface area (Å²) >= 11 is 3.20. The molecule has 0 fully saturated rings. The fourth-order valence-electron chi connectivity index (χ4n) is 2.17. The number of anilines is 2. The van der Waals surface area contributed by atoms with Crippen molar-refractivity contribution in [2.24, 2.45) is 5.73 Å². The van der Waals surface area contributed by atoms with Gasteiger partial charge in [-0.15, -0.1) is 23.1 Å². The zero-order chi connectivity index (χ0) is 14.8. The third kappa shape index (κ3) is 2.89. The maximum atomic E-state index is 7.56. The summed E-state index contributed by atoms with van der Waals surface area (Å²) in [5, 5.41) is 13.4.